The second-order valence-electron chi connectivity index (χ2n) is 8.38. The largest absolute Gasteiger partial charge is 0.342 e. The van der Waals surface area contributed by atoms with Crippen LogP contribution < -0.4 is 15.8 Å². The zero-order chi connectivity index (χ0) is 19.5. The van der Waals surface area contributed by atoms with E-state index < -0.39 is 0 Å². The van der Waals surface area contributed by atoms with E-state index in [1.54, 1.807) is 0 Å². The van der Waals surface area contributed by atoms with Crippen molar-refractivity contribution in [3.8, 4) is 5.00 Å². The standard InChI is InChI=1S/C19H25N7OS2/c1-11-4-5-13-12(8-11)15-16-20-10-21-26(16)18-22-23-19(25(18)17(15)29-13)28-9-14(27)24-6-2-3-7-24/h11,16,20-21H,2-10H2,1H3/t11-,16?/m0/s1. The summed E-state index contributed by atoms with van der Waals surface area (Å²) in [5.41, 5.74) is 6.29. The van der Waals surface area contributed by atoms with Gasteiger partial charge in [-0.25, -0.2) is 9.99 Å². The number of amides is 1. The van der Waals surface area contributed by atoms with Crippen molar-refractivity contribution in [3.05, 3.63) is 16.0 Å². The summed E-state index contributed by atoms with van der Waals surface area (Å²) in [6, 6.07) is 0. The van der Waals surface area contributed by atoms with E-state index >= 15 is 0 Å². The predicted molar refractivity (Wildman–Crippen MR) is 113 cm³/mol. The van der Waals surface area contributed by atoms with Crippen LogP contribution in [0.2, 0.25) is 0 Å². The Bertz CT molecular complexity index is 964. The molecule has 154 valence electrons. The first-order valence-corrected chi connectivity index (χ1v) is 12.3. The maximum absolute atomic E-state index is 12.5. The number of hydrazine groups is 1. The molecule has 2 aromatic heterocycles. The third kappa shape index (κ3) is 2.83. The van der Waals surface area contributed by atoms with E-state index in [-0.39, 0.29) is 12.1 Å². The first-order chi connectivity index (χ1) is 14.2. The molecule has 0 spiro atoms. The fourth-order valence-corrected chi connectivity index (χ4v) is 7.18. The van der Waals surface area contributed by atoms with E-state index in [1.165, 1.54) is 39.2 Å². The highest BCUT2D eigenvalue weighted by molar-refractivity contribution is 7.99. The molecule has 1 aliphatic carbocycles. The summed E-state index contributed by atoms with van der Waals surface area (Å²) < 4.78 is 2.17. The third-order valence-electron chi connectivity index (χ3n) is 6.42. The highest BCUT2D eigenvalue weighted by atomic mass is 32.2. The van der Waals surface area contributed by atoms with Crippen LogP contribution in [0.4, 0.5) is 5.95 Å². The van der Waals surface area contributed by atoms with Crippen molar-refractivity contribution in [1.29, 1.82) is 0 Å². The minimum atomic E-state index is 0.107. The summed E-state index contributed by atoms with van der Waals surface area (Å²) in [6.45, 7) is 4.85. The zero-order valence-corrected chi connectivity index (χ0v) is 18.1. The van der Waals surface area contributed by atoms with E-state index in [0.29, 0.717) is 12.4 Å². The summed E-state index contributed by atoms with van der Waals surface area (Å²) in [5, 5.41) is 16.7. The minimum absolute atomic E-state index is 0.107. The number of nitrogens with one attached hydrogen (secondary N) is 2. The molecule has 3 aliphatic heterocycles. The first-order valence-electron chi connectivity index (χ1n) is 10.5. The van der Waals surface area contributed by atoms with Crippen LogP contribution in [0, 0.1) is 5.92 Å². The smallest absolute Gasteiger partial charge is 0.249 e. The average Bonchev–Trinajstić information content (AvgIpc) is 3.50. The maximum Gasteiger partial charge on any atom is 0.249 e. The molecule has 8 nitrogen and oxygen atoms in total. The van der Waals surface area contributed by atoms with Gasteiger partial charge in [0, 0.05) is 23.5 Å². The number of anilines is 1. The predicted octanol–water partition coefficient (Wildman–Crippen LogP) is 2.05. The molecule has 2 saturated heterocycles. The second kappa shape index (κ2) is 6.97. The quantitative estimate of drug-likeness (QED) is 0.720. The van der Waals surface area contributed by atoms with Crippen molar-refractivity contribution < 1.29 is 4.79 Å². The SMILES string of the molecule is C[C@H]1CCc2sc3c(c2C1)C1NCNN1c1nnc(SCC(=O)N2CCCC2)n1-3. The molecule has 2 fully saturated rings. The number of aryl methyl sites for hydroxylation is 1. The molecule has 1 amide bonds. The average molecular weight is 432 g/mol. The van der Waals surface area contributed by atoms with E-state index in [2.05, 4.69) is 37.4 Å². The van der Waals surface area contributed by atoms with Gasteiger partial charge in [0.2, 0.25) is 11.9 Å². The number of aromatic nitrogens is 3. The number of nitrogens with zero attached hydrogens (tertiary/aromatic N) is 5. The van der Waals surface area contributed by atoms with Gasteiger partial charge >= 0.3 is 0 Å². The Morgan fingerprint density at radius 2 is 2.17 bits per heavy atom. The van der Waals surface area contributed by atoms with E-state index in [1.807, 2.05) is 16.2 Å². The molecular weight excluding hydrogens is 406 g/mol. The van der Waals surface area contributed by atoms with Crippen LogP contribution in [0.25, 0.3) is 5.00 Å². The number of thiophene rings is 1. The lowest BCUT2D eigenvalue weighted by Gasteiger charge is -2.31. The van der Waals surface area contributed by atoms with E-state index in [4.69, 9.17) is 0 Å². The number of hydrogen-bond acceptors (Lipinski definition) is 8. The van der Waals surface area contributed by atoms with Gasteiger partial charge < -0.3 is 4.90 Å². The second-order valence-corrected chi connectivity index (χ2v) is 10.4. The van der Waals surface area contributed by atoms with Gasteiger partial charge in [-0.05, 0) is 43.6 Å². The molecule has 0 radical (unpaired) electrons. The van der Waals surface area contributed by atoms with Gasteiger partial charge in [0.25, 0.3) is 0 Å². The molecule has 10 heteroatoms. The van der Waals surface area contributed by atoms with Gasteiger partial charge in [0.1, 0.15) is 11.2 Å². The Labute approximate surface area is 178 Å². The fraction of sp³-hybridized carbons (Fsp3) is 0.632. The van der Waals surface area contributed by atoms with Crippen LogP contribution in [0.15, 0.2) is 5.16 Å². The van der Waals surface area contributed by atoms with Crippen LogP contribution in [-0.4, -0.2) is 51.1 Å². The van der Waals surface area contributed by atoms with Crippen LogP contribution in [0.5, 0.6) is 0 Å². The summed E-state index contributed by atoms with van der Waals surface area (Å²) in [4.78, 5) is 16.0. The fourth-order valence-electron chi connectivity index (χ4n) is 4.92. The van der Waals surface area contributed by atoms with Crippen molar-refractivity contribution in [3.63, 3.8) is 0 Å². The number of hydrogen-bond donors (Lipinski definition) is 2. The molecule has 2 aromatic rings. The van der Waals surface area contributed by atoms with Gasteiger partial charge in [-0.15, -0.1) is 21.5 Å². The molecule has 0 bridgehead atoms. The summed E-state index contributed by atoms with van der Waals surface area (Å²) in [7, 11) is 0. The first kappa shape index (κ1) is 18.2. The monoisotopic (exact) mass is 431 g/mol. The Kier molecular flexibility index (Phi) is 4.37. The molecule has 2 N–H and O–H groups in total. The molecular formula is C19H25N7OS2. The zero-order valence-electron chi connectivity index (χ0n) is 16.5. The molecule has 4 aliphatic rings. The van der Waals surface area contributed by atoms with Crippen molar-refractivity contribution in [2.75, 3.05) is 30.5 Å². The number of fused-ring (bicyclic) bond motifs is 8. The van der Waals surface area contributed by atoms with Crippen molar-refractivity contribution in [1.82, 2.24) is 30.4 Å². The summed E-state index contributed by atoms with van der Waals surface area (Å²) in [5.74, 6) is 2.16. The number of rotatable bonds is 3. The van der Waals surface area contributed by atoms with Crippen molar-refractivity contribution >= 4 is 35.0 Å². The van der Waals surface area contributed by atoms with E-state index in [9.17, 15) is 4.79 Å². The number of thioether (sulfide) groups is 1. The molecule has 6 rings (SSSR count). The van der Waals surface area contributed by atoms with Gasteiger partial charge in [-0.2, -0.15) is 0 Å². The molecule has 5 heterocycles. The van der Waals surface area contributed by atoms with Gasteiger partial charge in [-0.1, -0.05) is 18.7 Å². The van der Waals surface area contributed by atoms with Crippen molar-refractivity contribution in [2.45, 2.75) is 50.4 Å². The molecule has 29 heavy (non-hydrogen) atoms. The lowest BCUT2D eigenvalue weighted by atomic mass is 9.87. The Hall–Kier alpha value is -1.62. The Morgan fingerprint density at radius 1 is 1.31 bits per heavy atom. The highest BCUT2D eigenvalue weighted by Crippen LogP contribution is 2.48. The van der Waals surface area contributed by atoms with Gasteiger partial charge in [-0.3, -0.25) is 15.1 Å². The molecule has 0 aromatic carbocycles. The minimum Gasteiger partial charge on any atom is -0.342 e. The third-order valence-corrected chi connectivity index (χ3v) is 8.63. The Balaban J connectivity index is 1.37. The van der Waals surface area contributed by atoms with E-state index in [0.717, 1.165) is 55.8 Å². The highest BCUT2D eigenvalue weighted by Gasteiger charge is 2.42. The Morgan fingerprint density at radius 3 is 3.03 bits per heavy atom. The lowest BCUT2D eigenvalue weighted by molar-refractivity contribution is -0.127. The van der Waals surface area contributed by atoms with Crippen LogP contribution >= 0.6 is 23.1 Å². The van der Waals surface area contributed by atoms with Crippen LogP contribution in [0.1, 0.15) is 48.4 Å². The van der Waals surface area contributed by atoms with Crippen LogP contribution in [-0.2, 0) is 17.6 Å². The van der Waals surface area contributed by atoms with Crippen molar-refractivity contribution in [2.24, 2.45) is 5.92 Å². The number of carbonyl (C=O) groups is 1. The number of carbonyl (C=O) groups excluding carboxylic acids is 1. The summed E-state index contributed by atoms with van der Waals surface area (Å²) >= 11 is 3.40. The normalized spacial score (nSPS) is 25.0. The van der Waals surface area contributed by atoms with Crippen LogP contribution in [0.3, 0.4) is 0 Å². The van der Waals surface area contributed by atoms with Gasteiger partial charge in [0.15, 0.2) is 5.16 Å². The maximum atomic E-state index is 12.5. The molecule has 2 atom stereocenters. The molecule has 1 unspecified atom stereocenters. The topological polar surface area (TPSA) is 78.3 Å². The number of likely N-dealkylation sites (tertiary alicyclic amines) is 1. The van der Waals surface area contributed by atoms with Gasteiger partial charge in [0.05, 0.1) is 12.4 Å². The molecule has 0 saturated carbocycles. The lowest BCUT2D eigenvalue weighted by Crippen LogP contribution is -2.39. The summed E-state index contributed by atoms with van der Waals surface area (Å²) in [6.07, 6.45) is 5.90.